The van der Waals surface area contributed by atoms with Crippen LogP contribution in [0.4, 0.5) is 13.2 Å². The minimum atomic E-state index is -4.62. The molecule has 0 aliphatic heterocycles. The third-order valence-corrected chi connectivity index (χ3v) is 6.04. The maximum absolute atomic E-state index is 14.0. The first-order chi connectivity index (χ1) is 13.8. The van der Waals surface area contributed by atoms with Crippen molar-refractivity contribution in [2.24, 2.45) is 17.1 Å². The van der Waals surface area contributed by atoms with Gasteiger partial charge in [-0.3, -0.25) is 0 Å². The lowest BCUT2D eigenvalue weighted by Crippen LogP contribution is -2.38. The summed E-state index contributed by atoms with van der Waals surface area (Å²) >= 11 is 0. The highest BCUT2D eigenvalue weighted by atomic mass is 19.4. The van der Waals surface area contributed by atoms with Crippen LogP contribution in [-0.4, -0.2) is 27.8 Å². The SMILES string of the molecule is CC(N)(CO)c1ncc2c(C(F)(F)F)c(OC3CCC(C(C)(C)C)CC3)ccc2n1. The minimum absolute atomic E-state index is 0.0831. The predicted molar refractivity (Wildman–Crippen MR) is 109 cm³/mol. The van der Waals surface area contributed by atoms with Crippen molar-refractivity contribution in [1.29, 1.82) is 0 Å². The predicted octanol–water partition coefficient (Wildman–Crippen LogP) is 4.80. The molecule has 3 rings (SSSR count). The van der Waals surface area contributed by atoms with Gasteiger partial charge in [-0.2, -0.15) is 13.2 Å². The molecule has 2 aromatic rings. The highest BCUT2D eigenvalue weighted by molar-refractivity contribution is 5.84. The van der Waals surface area contributed by atoms with Gasteiger partial charge in [-0.15, -0.1) is 0 Å². The van der Waals surface area contributed by atoms with Crippen LogP contribution in [0.1, 0.15) is 64.8 Å². The van der Waals surface area contributed by atoms with Crippen molar-refractivity contribution < 1.29 is 23.0 Å². The first kappa shape index (κ1) is 22.7. The molecule has 1 aliphatic rings. The number of aliphatic hydroxyl groups excluding tert-OH is 1. The number of halogens is 3. The van der Waals surface area contributed by atoms with Gasteiger partial charge < -0.3 is 15.6 Å². The number of benzene rings is 1. The van der Waals surface area contributed by atoms with E-state index in [1.165, 1.54) is 19.1 Å². The Balaban J connectivity index is 1.93. The molecule has 0 amide bonds. The van der Waals surface area contributed by atoms with Gasteiger partial charge in [0.15, 0.2) is 5.82 Å². The van der Waals surface area contributed by atoms with Crippen LogP contribution in [0.25, 0.3) is 10.9 Å². The molecule has 1 fully saturated rings. The standard InChI is InChI=1S/C22H30F3N3O2/c1-20(2,3)13-5-7-14(8-6-13)30-17-10-9-16-15(18(17)22(23,24)25)11-27-19(28-16)21(4,26)12-29/h9-11,13-14,29H,5-8,12,26H2,1-4H3. The summed E-state index contributed by atoms with van der Waals surface area (Å²) in [6, 6.07) is 2.81. The molecule has 1 atom stereocenters. The molecule has 0 saturated heterocycles. The zero-order chi connectivity index (χ0) is 22.3. The molecule has 1 aromatic carbocycles. The minimum Gasteiger partial charge on any atom is -0.490 e. The van der Waals surface area contributed by atoms with E-state index in [1.807, 2.05) is 0 Å². The Labute approximate surface area is 174 Å². The Morgan fingerprint density at radius 1 is 1.10 bits per heavy atom. The summed E-state index contributed by atoms with van der Waals surface area (Å²) in [5.74, 6) is 0.433. The molecule has 0 spiro atoms. The van der Waals surface area contributed by atoms with E-state index in [0.717, 1.165) is 31.9 Å². The molecular weight excluding hydrogens is 395 g/mol. The number of rotatable bonds is 4. The Morgan fingerprint density at radius 2 is 1.73 bits per heavy atom. The number of aliphatic hydroxyl groups is 1. The number of fused-ring (bicyclic) bond motifs is 1. The summed E-state index contributed by atoms with van der Waals surface area (Å²) in [5.41, 5.74) is 4.11. The fourth-order valence-electron chi connectivity index (χ4n) is 4.05. The Bertz CT molecular complexity index is 899. The lowest BCUT2D eigenvalue weighted by atomic mass is 9.72. The number of aromatic nitrogens is 2. The fourth-order valence-corrected chi connectivity index (χ4v) is 4.05. The number of ether oxygens (including phenoxy) is 1. The fraction of sp³-hybridized carbons (Fsp3) is 0.636. The molecule has 166 valence electrons. The normalized spacial score (nSPS) is 22.7. The van der Waals surface area contributed by atoms with E-state index in [1.54, 1.807) is 0 Å². The van der Waals surface area contributed by atoms with Crippen molar-refractivity contribution in [3.63, 3.8) is 0 Å². The van der Waals surface area contributed by atoms with E-state index in [-0.39, 0.29) is 34.0 Å². The van der Waals surface area contributed by atoms with Gasteiger partial charge in [0.25, 0.3) is 0 Å². The van der Waals surface area contributed by atoms with Gasteiger partial charge in [0.2, 0.25) is 0 Å². The second-order valence-electron chi connectivity index (χ2n) is 9.60. The van der Waals surface area contributed by atoms with Crippen molar-refractivity contribution in [2.45, 2.75) is 71.2 Å². The number of nitrogens with two attached hydrogens (primary N) is 1. The third-order valence-electron chi connectivity index (χ3n) is 6.04. The van der Waals surface area contributed by atoms with Crippen molar-refractivity contribution in [3.8, 4) is 5.75 Å². The van der Waals surface area contributed by atoms with E-state index in [4.69, 9.17) is 10.5 Å². The summed E-state index contributed by atoms with van der Waals surface area (Å²) in [6.07, 6.45) is -0.416. The van der Waals surface area contributed by atoms with Crippen LogP contribution in [0.3, 0.4) is 0 Å². The maximum atomic E-state index is 14.0. The van der Waals surface area contributed by atoms with Crippen LogP contribution in [-0.2, 0) is 11.7 Å². The Hall–Kier alpha value is -1.93. The molecule has 1 unspecified atom stereocenters. The Kier molecular flexibility index (Phi) is 6.04. The molecule has 1 aliphatic carbocycles. The lowest BCUT2D eigenvalue weighted by Gasteiger charge is -2.37. The van der Waals surface area contributed by atoms with Crippen LogP contribution in [0.15, 0.2) is 18.3 Å². The van der Waals surface area contributed by atoms with Gasteiger partial charge >= 0.3 is 6.18 Å². The molecule has 1 saturated carbocycles. The van der Waals surface area contributed by atoms with E-state index < -0.39 is 23.9 Å². The third kappa shape index (κ3) is 4.70. The van der Waals surface area contributed by atoms with E-state index in [9.17, 15) is 18.3 Å². The highest BCUT2D eigenvalue weighted by Crippen LogP contribution is 2.43. The number of nitrogens with zero attached hydrogens (tertiary/aromatic N) is 2. The van der Waals surface area contributed by atoms with Gasteiger partial charge in [0.1, 0.15) is 11.3 Å². The van der Waals surface area contributed by atoms with Crippen LogP contribution < -0.4 is 10.5 Å². The molecule has 0 bridgehead atoms. The number of hydrogen-bond acceptors (Lipinski definition) is 5. The maximum Gasteiger partial charge on any atom is 0.420 e. The zero-order valence-corrected chi connectivity index (χ0v) is 17.9. The van der Waals surface area contributed by atoms with Crippen LogP contribution in [0.2, 0.25) is 0 Å². The summed E-state index contributed by atoms with van der Waals surface area (Å²) in [6.45, 7) is 7.68. The van der Waals surface area contributed by atoms with E-state index >= 15 is 0 Å². The molecular formula is C22H30F3N3O2. The summed E-state index contributed by atoms with van der Waals surface area (Å²) in [7, 11) is 0. The highest BCUT2D eigenvalue weighted by Gasteiger charge is 2.39. The average molecular weight is 425 g/mol. The van der Waals surface area contributed by atoms with Crippen LogP contribution in [0, 0.1) is 11.3 Å². The summed E-state index contributed by atoms with van der Waals surface area (Å²) in [4.78, 5) is 8.16. The topological polar surface area (TPSA) is 81.3 Å². The lowest BCUT2D eigenvalue weighted by molar-refractivity contribution is -0.138. The smallest absolute Gasteiger partial charge is 0.420 e. The van der Waals surface area contributed by atoms with E-state index in [2.05, 4.69) is 30.7 Å². The zero-order valence-electron chi connectivity index (χ0n) is 17.9. The van der Waals surface area contributed by atoms with E-state index in [0.29, 0.717) is 5.92 Å². The van der Waals surface area contributed by atoms with Crippen LogP contribution >= 0.6 is 0 Å². The van der Waals surface area contributed by atoms with Crippen molar-refractivity contribution in [1.82, 2.24) is 9.97 Å². The van der Waals surface area contributed by atoms with Gasteiger partial charge in [0, 0.05) is 11.6 Å². The number of hydrogen-bond donors (Lipinski definition) is 2. The van der Waals surface area contributed by atoms with Gasteiger partial charge in [-0.1, -0.05) is 20.8 Å². The largest absolute Gasteiger partial charge is 0.490 e. The molecule has 8 heteroatoms. The number of alkyl halides is 3. The summed E-state index contributed by atoms with van der Waals surface area (Å²) in [5, 5.41) is 9.26. The molecule has 1 heterocycles. The monoisotopic (exact) mass is 425 g/mol. The van der Waals surface area contributed by atoms with Gasteiger partial charge in [0.05, 0.1) is 23.8 Å². The van der Waals surface area contributed by atoms with Crippen molar-refractivity contribution in [3.05, 3.63) is 29.7 Å². The average Bonchev–Trinajstić information content (AvgIpc) is 2.66. The molecule has 0 radical (unpaired) electrons. The molecule has 5 nitrogen and oxygen atoms in total. The Morgan fingerprint density at radius 3 is 2.27 bits per heavy atom. The van der Waals surface area contributed by atoms with Gasteiger partial charge in [-0.25, -0.2) is 9.97 Å². The van der Waals surface area contributed by atoms with Crippen molar-refractivity contribution >= 4 is 10.9 Å². The second kappa shape index (κ2) is 7.96. The first-order valence-corrected chi connectivity index (χ1v) is 10.3. The van der Waals surface area contributed by atoms with Crippen LogP contribution in [0.5, 0.6) is 5.75 Å². The molecule has 30 heavy (non-hydrogen) atoms. The molecule has 3 N–H and O–H groups in total. The van der Waals surface area contributed by atoms with Crippen molar-refractivity contribution in [2.75, 3.05) is 6.61 Å². The first-order valence-electron chi connectivity index (χ1n) is 10.3. The second-order valence-corrected chi connectivity index (χ2v) is 9.60. The summed E-state index contributed by atoms with van der Waals surface area (Å²) < 4.78 is 47.7. The molecule has 1 aromatic heterocycles. The van der Waals surface area contributed by atoms with Gasteiger partial charge in [-0.05, 0) is 56.1 Å². The quantitative estimate of drug-likeness (QED) is 0.736.